The van der Waals surface area contributed by atoms with Gasteiger partial charge in [0.2, 0.25) is 5.89 Å². The van der Waals surface area contributed by atoms with Crippen LogP contribution in [0.3, 0.4) is 0 Å². The van der Waals surface area contributed by atoms with Crippen molar-refractivity contribution < 1.29 is 8.91 Å². The molecule has 0 saturated heterocycles. The fraction of sp³-hybridized carbons (Fsp3) is 0.467. The number of rotatable bonds is 4. The van der Waals surface area contributed by atoms with Crippen molar-refractivity contribution >= 4 is 15.9 Å². The zero-order valence-electron chi connectivity index (χ0n) is 12.6. The lowest BCUT2D eigenvalue weighted by Crippen LogP contribution is -2.20. The molecule has 0 saturated carbocycles. The summed E-state index contributed by atoms with van der Waals surface area (Å²) in [6, 6.07) is 4.72. The molecule has 1 N–H and O–H groups in total. The van der Waals surface area contributed by atoms with Crippen LogP contribution in [0.4, 0.5) is 4.39 Å². The number of nitrogens with one attached hydrogen (secondary N) is 1. The Morgan fingerprint density at radius 1 is 1.38 bits per heavy atom. The van der Waals surface area contributed by atoms with Crippen LogP contribution < -0.4 is 5.32 Å². The highest BCUT2D eigenvalue weighted by atomic mass is 79.9. The lowest BCUT2D eigenvalue weighted by molar-refractivity contribution is 0.330. The summed E-state index contributed by atoms with van der Waals surface area (Å²) in [5.74, 6) is 0.939. The fourth-order valence-electron chi connectivity index (χ4n) is 1.74. The molecular weight excluding hydrogens is 337 g/mol. The molecule has 1 atom stereocenters. The van der Waals surface area contributed by atoms with Crippen molar-refractivity contribution in [2.75, 3.05) is 0 Å². The Kier molecular flexibility index (Phi) is 4.78. The van der Waals surface area contributed by atoms with E-state index in [0.717, 1.165) is 4.47 Å². The van der Waals surface area contributed by atoms with Crippen molar-refractivity contribution in [1.82, 2.24) is 15.5 Å². The van der Waals surface area contributed by atoms with Crippen LogP contribution in [0.2, 0.25) is 0 Å². The standard InChI is InChI=1S/C15H19BrFN3O/c1-9(13-19-14(20-21-13)15(2,3)4)18-8-10-7-11(16)5-6-12(10)17/h5-7,9,18H,8H2,1-4H3. The van der Waals surface area contributed by atoms with Gasteiger partial charge in [0.25, 0.3) is 0 Å². The van der Waals surface area contributed by atoms with E-state index in [4.69, 9.17) is 4.52 Å². The molecule has 0 fully saturated rings. The topological polar surface area (TPSA) is 51.0 Å². The maximum atomic E-state index is 13.7. The molecule has 21 heavy (non-hydrogen) atoms. The quantitative estimate of drug-likeness (QED) is 0.895. The first-order valence-electron chi connectivity index (χ1n) is 6.79. The zero-order chi connectivity index (χ0) is 15.6. The van der Waals surface area contributed by atoms with E-state index < -0.39 is 0 Å². The molecule has 114 valence electrons. The van der Waals surface area contributed by atoms with Gasteiger partial charge in [0.1, 0.15) is 5.82 Å². The Morgan fingerprint density at radius 2 is 2.10 bits per heavy atom. The predicted octanol–water partition coefficient (Wildman–Crippen LogP) is 4.12. The van der Waals surface area contributed by atoms with E-state index in [9.17, 15) is 4.39 Å². The van der Waals surface area contributed by atoms with Gasteiger partial charge in [-0.3, -0.25) is 0 Å². The zero-order valence-corrected chi connectivity index (χ0v) is 14.2. The van der Waals surface area contributed by atoms with Crippen LogP contribution in [0, 0.1) is 5.82 Å². The summed E-state index contributed by atoms with van der Waals surface area (Å²) in [5, 5.41) is 7.18. The van der Waals surface area contributed by atoms with Gasteiger partial charge in [-0.1, -0.05) is 41.9 Å². The van der Waals surface area contributed by atoms with Crippen molar-refractivity contribution in [2.24, 2.45) is 0 Å². The molecule has 6 heteroatoms. The van der Waals surface area contributed by atoms with Gasteiger partial charge >= 0.3 is 0 Å². The summed E-state index contributed by atoms with van der Waals surface area (Å²) in [7, 11) is 0. The lowest BCUT2D eigenvalue weighted by Gasteiger charge is -2.12. The molecule has 1 aromatic heterocycles. The number of benzene rings is 1. The molecule has 0 aliphatic carbocycles. The minimum atomic E-state index is -0.237. The summed E-state index contributed by atoms with van der Waals surface area (Å²) < 4.78 is 19.8. The maximum Gasteiger partial charge on any atom is 0.243 e. The SMILES string of the molecule is CC(NCc1cc(Br)ccc1F)c1nc(C(C)(C)C)no1. The Morgan fingerprint density at radius 3 is 2.71 bits per heavy atom. The molecule has 2 aromatic rings. The van der Waals surface area contributed by atoms with Gasteiger partial charge in [-0.25, -0.2) is 4.39 Å². The molecular formula is C15H19BrFN3O. The molecule has 2 rings (SSSR count). The van der Waals surface area contributed by atoms with Crippen LogP contribution in [0.15, 0.2) is 27.2 Å². The summed E-state index contributed by atoms with van der Waals surface area (Å²) >= 11 is 3.34. The van der Waals surface area contributed by atoms with E-state index in [1.54, 1.807) is 12.1 Å². The third-order valence-electron chi connectivity index (χ3n) is 3.09. The van der Waals surface area contributed by atoms with Crippen LogP contribution in [0.25, 0.3) is 0 Å². The summed E-state index contributed by atoms with van der Waals surface area (Å²) in [4.78, 5) is 4.39. The van der Waals surface area contributed by atoms with E-state index in [1.165, 1.54) is 6.07 Å². The molecule has 0 aliphatic heterocycles. The predicted molar refractivity (Wildman–Crippen MR) is 82.4 cm³/mol. The van der Waals surface area contributed by atoms with Crippen LogP contribution >= 0.6 is 15.9 Å². The Labute approximate surface area is 132 Å². The molecule has 1 aromatic carbocycles. The third kappa shape index (κ3) is 4.11. The minimum Gasteiger partial charge on any atom is -0.338 e. The van der Waals surface area contributed by atoms with Crippen LogP contribution in [-0.2, 0) is 12.0 Å². The van der Waals surface area contributed by atoms with Crippen molar-refractivity contribution in [3.63, 3.8) is 0 Å². The van der Waals surface area contributed by atoms with Crippen LogP contribution in [0.1, 0.15) is 51.0 Å². The van der Waals surface area contributed by atoms with Crippen molar-refractivity contribution in [3.8, 4) is 0 Å². The molecule has 1 heterocycles. The highest BCUT2D eigenvalue weighted by Crippen LogP contribution is 2.21. The van der Waals surface area contributed by atoms with E-state index >= 15 is 0 Å². The van der Waals surface area contributed by atoms with E-state index in [0.29, 0.717) is 23.8 Å². The van der Waals surface area contributed by atoms with Gasteiger partial charge in [-0.05, 0) is 25.1 Å². The Hall–Kier alpha value is -1.27. The Balaban J connectivity index is 2.03. The first kappa shape index (κ1) is 16.1. The first-order valence-corrected chi connectivity index (χ1v) is 7.58. The van der Waals surface area contributed by atoms with Gasteiger partial charge in [0.05, 0.1) is 6.04 Å². The van der Waals surface area contributed by atoms with E-state index in [-0.39, 0.29) is 17.3 Å². The largest absolute Gasteiger partial charge is 0.338 e. The van der Waals surface area contributed by atoms with Gasteiger partial charge in [0, 0.05) is 22.0 Å². The second-order valence-electron chi connectivity index (χ2n) is 6.04. The van der Waals surface area contributed by atoms with Crippen LogP contribution in [0.5, 0.6) is 0 Å². The number of halogens is 2. The normalized spacial score (nSPS) is 13.4. The van der Waals surface area contributed by atoms with Crippen molar-refractivity contribution in [3.05, 3.63) is 45.8 Å². The van der Waals surface area contributed by atoms with E-state index in [1.807, 2.05) is 27.7 Å². The lowest BCUT2D eigenvalue weighted by atomic mass is 9.96. The molecule has 4 nitrogen and oxygen atoms in total. The van der Waals surface area contributed by atoms with Gasteiger partial charge in [-0.15, -0.1) is 0 Å². The van der Waals surface area contributed by atoms with Crippen molar-refractivity contribution in [2.45, 2.75) is 45.7 Å². The second-order valence-corrected chi connectivity index (χ2v) is 6.96. The molecule has 0 radical (unpaired) electrons. The van der Waals surface area contributed by atoms with Gasteiger partial charge < -0.3 is 9.84 Å². The second kappa shape index (κ2) is 6.23. The molecule has 0 spiro atoms. The summed E-state index contributed by atoms with van der Waals surface area (Å²) in [5.41, 5.74) is 0.435. The van der Waals surface area contributed by atoms with Crippen molar-refractivity contribution in [1.29, 1.82) is 0 Å². The molecule has 1 unspecified atom stereocenters. The van der Waals surface area contributed by atoms with Gasteiger partial charge in [0.15, 0.2) is 5.82 Å². The third-order valence-corrected chi connectivity index (χ3v) is 3.58. The summed E-state index contributed by atoms with van der Waals surface area (Å²) in [6.45, 7) is 8.37. The Bertz CT molecular complexity index is 622. The maximum absolute atomic E-state index is 13.7. The van der Waals surface area contributed by atoms with E-state index in [2.05, 4.69) is 31.4 Å². The highest BCUT2D eigenvalue weighted by molar-refractivity contribution is 9.10. The van der Waals surface area contributed by atoms with Crippen LogP contribution in [-0.4, -0.2) is 10.1 Å². The minimum absolute atomic E-state index is 0.146. The molecule has 0 bridgehead atoms. The number of hydrogen-bond acceptors (Lipinski definition) is 4. The fourth-order valence-corrected chi connectivity index (χ4v) is 2.15. The number of aromatic nitrogens is 2. The monoisotopic (exact) mass is 355 g/mol. The molecule has 0 aliphatic rings. The molecule has 0 amide bonds. The van der Waals surface area contributed by atoms with Gasteiger partial charge in [-0.2, -0.15) is 4.98 Å². The average molecular weight is 356 g/mol. The smallest absolute Gasteiger partial charge is 0.243 e. The first-order chi connectivity index (χ1) is 9.77. The number of hydrogen-bond donors (Lipinski definition) is 1. The average Bonchev–Trinajstić information content (AvgIpc) is 2.89. The summed E-state index contributed by atoms with van der Waals surface area (Å²) in [6.07, 6.45) is 0. The highest BCUT2D eigenvalue weighted by Gasteiger charge is 2.23. The number of nitrogens with zero attached hydrogens (tertiary/aromatic N) is 2.